The third kappa shape index (κ3) is 5.16. The fraction of sp³-hybridized carbons (Fsp3) is 0.125. The maximum atomic E-state index is 6.87. The van der Waals surface area contributed by atoms with Crippen molar-refractivity contribution in [1.29, 1.82) is 0 Å². The number of hydrogen-bond acceptors (Lipinski definition) is 3. The van der Waals surface area contributed by atoms with Crippen LogP contribution in [-0.4, -0.2) is 5.75 Å². The fourth-order valence-electron chi connectivity index (χ4n) is 4.64. The molecule has 1 atom stereocenters. The third-order valence-corrected chi connectivity index (χ3v) is 8.27. The summed E-state index contributed by atoms with van der Waals surface area (Å²) < 4.78 is 1.06. The first-order valence-electron chi connectivity index (χ1n) is 12.1. The number of nitrogens with two attached hydrogens (primary N) is 1. The van der Waals surface area contributed by atoms with Gasteiger partial charge in [-0.2, -0.15) is 0 Å². The van der Waals surface area contributed by atoms with Gasteiger partial charge in [0.1, 0.15) is 0 Å². The maximum absolute atomic E-state index is 6.87. The molecular formula is C32H29BrN2S. The van der Waals surface area contributed by atoms with Crippen molar-refractivity contribution < 1.29 is 0 Å². The van der Waals surface area contributed by atoms with Crippen LogP contribution in [0.2, 0.25) is 0 Å². The Hall–Kier alpha value is -3.21. The van der Waals surface area contributed by atoms with Gasteiger partial charge in [0, 0.05) is 20.8 Å². The second-order valence-electron chi connectivity index (χ2n) is 9.08. The van der Waals surface area contributed by atoms with E-state index in [4.69, 9.17) is 5.73 Å². The van der Waals surface area contributed by atoms with Crippen molar-refractivity contribution in [2.75, 3.05) is 10.7 Å². The maximum Gasteiger partial charge on any atom is 0.0849 e. The third-order valence-electron chi connectivity index (χ3n) is 6.55. The van der Waals surface area contributed by atoms with E-state index in [1.807, 2.05) is 11.8 Å². The minimum absolute atomic E-state index is 0.00561. The van der Waals surface area contributed by atoms with E-state index >= 15 is 0 Å². The Balaban J connectivity index is 1.67. The first kappa shape index (κ1) is 24.5. The summed E-state index contributed by atoms with van der Waals surface area (Å²) in [6.07, 6.45) is 2.18. The van der Waals surface area contributed by atoms with Gasteiger partial charge in [-0.25, -0.2) is 0 Å². The summed E-state index contributed by atoms with van der Waals surface area (Å²) in [6.45, 7) is 4.29. The van der Waals surface area contributed by atoms with Gasteiger partial charge < -0.3 is 10.6 Å². The van der Waals surface area contributed by atoms with Crippen LogP contribution in [0.3, 0.4) is 0 Å². The summed E-state index contributed by atoms with van der Waals surface area (Å²) in [5.74, 6) is 0.772. The number of benzene rings is 4. The zero-order chi connectivity index (χ0) is 25.1. The minimum atomic E-state index is -0.00561. The molecule has 2 nitrogen and oxygen atoms in total. The molecule has 4 aromatic carbocycles. The lowest BCUT2D eigenvalue weighted by Crippen LogP contribution is -2.35. The van der Waals surface area contributed by atoms with Gasteiger partial charge in [-0.15, -0.1) is 11.8 Å². The highest BCUT2D eigenvalue weighted by atomic mass is 79.9. The minimum Gasteiger partial charge on any atom is -0.397 e. The van der Waals surface area contributed by atoms with Gasteiger partial charge in [0.05, 0.1) is 17.4 Å². The number of nitrogens with zero attached hydrogens (tertiary/aromatic N) is 1. The molecule has 180 valence electrons. The van der Waals surface area contributed by atoms with E-state index in [0.717, 1.165) is 27.3 Å². The Labute approximate surface area is 226 Å². The van der Waals surface area contributed by atoms with E-state index in [9.17, 15) is 0 Å². The van der Waals surface area contributed by atoms with E-state index in [-0.39, 0.29) is 6.04 Å². The molecule has 1 aliphatic rings. The van der Waals surface area contributed by atoms with Crippen molar-refractivity contribution in [1.82, 2.24) is 0 Å². The monoisotopic (exact) mass is 552 g/mol. The molecule has 0 saturated heterocycles. The van der Waals surface area contributed by atoms with E-state index in [0.29, 0.717) is 0 Å². The van der Waals surface area contributed by atoms with E-state index < -0.39 is 0 Å². The summed E-state index contributed by atoms with van der Waals surface area (Å²) in [5, 5.41) is 0. The van der Waals surface area contributed by atoms with Crippen molar-refractivity contribution in [3.63, 3.8) is 0 Å². The number of allylic oxidation sites excluding steroid dienone is 1. The van der Waals surface area contributed by atoms with Gasteiger partial charge in [0.15, 0.2) is 0 Å². The Morgan fingerprint density at radius 2 is 1.47 bits per heavy atom. The molecule has 0 radical (unpaired) electrons. The number of aryl methyl sites for hydroxylation is 2. The highest BCUT2D eigenvalue weighted by molar-refractivity contribution is 9.10. The average molecular weight is 554 g/mol. The van der Waals surface area contributed by atoms with Crippen molar-refractivity contribution >= 4 is 39.0 Å². The summed E-state index contributed by atoms with van der Waals surface area (Å²) in [5.41, 5.74) is 16.1. The van der Waals surface area contributed by atoms with Gasteiger partial charge in [-0.05, 0) is 72.5 Å². The van der Waals surface area contributed by atoms with Crippen molar-refractivity contribution in [3.05, 3.63) is 147 Å². The van der Waals surface area contributed by atoms with E-state index in [2.05, 4.69) is 144 Å². The second kappa shape index (κ2) is 10.8. The largest absolute Gasteiger partial charge is 0.397 e. The molecular weight excluding hydrogens is 524 g/mol. The van der Waals surface area contributed by atoms with E-state index in [1.165, 1.54) is 32.7 Å². The Morgan fingerprint density at radius 3 is 2.17 bits per heavy atom. The van der Waals surface area contributed by atoms with Crippen LogP contribution >= 0.6 is 27.7 Å². The molecule has 0 aromatic heterocycles. The standard InChI is InChI=1S/C32H29BrN2S/c1-22-12-14-25(15-13-22)32-28(24-9-4-3-5-10-24)20-29(34)30(21-36-31-11-7-6-8-23(31)2)35(32)27-18-16-26(33)17-19-27/h3-20,32H,21,34H2,1-2H3. The van der Waals surface area contributed by atoms with Crippen LogP contribution in [0.25, 0.3) is 5.57 Å². The molecule has 0 aliphatic carbocycles. The smallest absolute Gasteiger partial charge is 0.0849 e. The quantitative estimate of drug-likeness (QED) is 0.242. The number of thioether (sulfide) groups is 1. The highest BCUT2D eigenvalue weighted by Gasteiger charge is 2.33. The molecule has 1 aliphatic heterocycles. The molecule has 0 amide bonds. The highest BCUT2D eigenvalue weighted by Crippen LogP contribution is 2.45. The summed E-state index contributed by atoms with van der Waals surface area (Å²) in [6, 6.07) is 36.6. The topological polar surface area (TPSA) is 29.3 Å². The molecule has 4 heteroatoms. The Bertz CT molecular complexity index is 1410. The Kier molecular flexibility index (Phi) is 7.35. The number of anilines is 1. The fourth-order valence-corrected chi connectivity index (χ4v) is 5.97. The van der Waals surface area contributed by atoms with Crippen molar-refractivity contribution in [2.24, 2.45) is 5.73 Å². The molecule has 2 N–H and O–H groups in total. The van der Waals surface area contributed by atoms with Gasteiger partial charge >= 0.3 is 0 Å². The summed E-state index contributed by atoms with van der Waals surface area (Å²) >= 11 is 5.45. The molecule has 1 unspecified atom stereocenters. The van der Waals surface area contributed by atoms with Crippen LogP contribution in [0.5, 0.6) is 0 Å². The molecule has 0 bridgehead atoms. The van der Waals surface area contributed by atoms with Crippen LogP contribution in [-0.2, 0) is 0 Å². The van der Waals surface area contributed by atoms with Crippen LogP contribution in [0.4, 0.5) is 5.69 Å². The zero-order valence-electron chi connectivity index (χ0n) is 20.5. The predicted octanol–water partition coefficient (Wildman–Crippen LogP) is 8.67. The van der Waals surface area contributed by atoms with Crippen molar-refractivity contribution in [2.45, 2.75) is 24.8 Å². The number of hydrogen-bond donors (Lipinski definition) is 1. The summed E-state index contributed by atoms with van der Waals surface area (Å²) in [4.78, 5) is 3.71. The SMILES string of the molecule is Cc1ccc(C2C(c3ccccc3)=CC(N)=C(CSc3ccccc3C)N2c2ccc(Br)cc2)cc1. The lowest BCUT2D eigenvalue weighted by Gasteiger charge is -2.41. The lowest BCUT2D eigenvalue weighted by molar-refractivity contribution is 0.802. The van der Waals surface area contributed by atoms with Gasteiger partial charge in [-0.3, -0.25) is 0 Å². The molecule has 0 spiro atoms. The second-order valence-corrected chi connectivity index (χ2v) is 11.0. The molecule has 5 rings (SSSR count). The van der Waals surface area contributed by atoms with Crippen LogP contribution in [0.15, 0.2) is 130 Å². The van der Waals surface area contributed by atoms with Crippen LogP contribution in [0.1, 0.15) is 28.3 Å². The van der Waals surface area contributed by atoms with Crippen LogP contribution < -0.4 is 10.6 Å². The van der Waals surface area contributed by atoms with Gasteiger partial charge in [0.2, 0.25) is 0 Å². The molecule has 1 heterocycles. The van der Waals surface area contributed by atoms with Gasteiger partial charge in [0.25, 0.3) is 0 Å². The first-order chi connectivity index (χ1) is 17.5. The summed E-state index contributed by atoms with van der Waals surface area (Å²) in [7, 11) is 0. The normalized spacial score (nSPS) is 15.7. The molecule has 0 saturated carbocycles. The molecule has 4 aromatic rings. The molecule has 0 fully saturated rings. The predicted molar refractivity (Wildman–Crippen MR) is 158 cm³/mol. The lowest BCUT2D eigenvalue weighted by atomic mass is 9.87. The van der Waals surface area contributed by atoms with Crippen molar-refractivity contribution in [3.8, 4) is 0 Å². The Morgan fingerprint density at radius 1 is 0.806 bits per heavy atom. The van der Waals surface area contributed by atoms with Gasteiger partial charge in [-0.1, -0.05) is 94.3 Å². The molecule has 36 heavy (non-hydrogen) atoms. The van der Waals surface area contributed by atoms with Crippen LogP contribution in [0, 0.1) is 13.8 Å². The zero-order valence-corrected chi connectivity index (χ0v) is 22.9. The number of halogens is 1. The number of rotatable bonds is 6. The first-order valence-corrected chi connectivity index (χ1v) is 13.8. The van der Waals surface area contributed by atoms with E-state index in [1.54, 1.807) is 0 Å². The average Bonchev–Trinajstić information content (AvgIpc) is 2.90.